The molecule has 0 aromatic carbocycles. The normalized spacial score (nSPS) is 30.7. The Morgan fingerprint density at radius 3 is 2.37 bits per heavy atom. The van der Waals surface area contributed by atoms with E-state index in [1.807, 2.05) is 13.8 Å². The Morgan fingerprint density at radius 1 is 1.32 bits per heavy atom. The minimum atomic E-state index is -0.986. The molecule has 2 aliphatic heterocycles. The quantitative estimate of drug-likeness (QED) is 0.766. The number of carboxylic acids is 1. The third-order valence-corrected chi connectivity index (χ3v) is 3.63. The lowest BCUT2D eigenvalue weighted by Crippen LogP contribution is -2.49. The van der Waals surface area contributed by atoms with Gasteiger partial charge in [0, 0.05) is 12.8 Å². The van der Waals surface area contributed by atoms with E-state index in [2.05, 4.69) is 0 Å². The number of hydrogen-bond acceptors (Lipinski definition) is 4. The van der Waals surface area contributed by atoms with Crippen molar-refractivity contribution in [3.05, 3.63) is 0 Å². The van der Waals surface area contributed by atoms with Gasteiger partial charge < -0.3 is 9.84 Å². The minimum Gasteiger partial charge on any atom is -0.479 e. The lowest BCUT2D eigenvalue weighted by molar-refractivity contribution is -0.156. The Morgan fingerprint density at radius 2 is 1.89 bits per heavy atom. The third kappa shape index (κ3) is 3.12. The summed E-state index contributed by atoms with van der Waals surface area (Å²) in [5.74, 6) is -1.37. The molecule has 0 aromatic heterocycles. The van der Waals surface area contributed by atoms with Crippen molar-refractivity contribution >= 4 is 17.8 Å². The molecule has 2 heterocycles. The average Bonchev–Trinajstić information content (AvgIpc) is 2.70. The molecule has 0 aromatic rings. The summed E-state index contributed by atoms with van der Waals surface area (Å²) in [6.07, 6.45) is 0.521. The number of nitrogens with zero attached hydrogens (tertiary/aromatic N) is 1. The predicted octanol–water partition coefficient (Wildman–Crippen LogP) is 0.794. The average molecular weight is 269 g/mol. The first-order chi connectivity index (χ1) is 8.78. The maximum absolute atomic E-state index is 12.0. The van der Waals surface area contributed by atoms with Crippen LogP contribution in [-0.2, 0) is 19.1 Å². The minimum absolute atomic E-state index is 0.178. The first-order valence-corrected chi connectivity index (χ1v) is 6.50. The SMILES string of the molecule is CC1(C)CC(=O)N(CC2CCC(C(=O)O)O2)C(=O)C1. The third-order valence-electron chi connectivity index (χ3n) is 3.63. The highest BCUT2D eigenvalue weighted by molar-refractivity contribution is 5.98. The molecule has 0 aliphatic carbocycles. The topological polar surface area (TPSA) is 83.9 Å². The smallest absolute Gasteiger partial charge is 0.332 e. The molecule has 2 saturated heterocycles. The van der Waals surface area contributed by atoms with Crippen LogP contribution in [0, 0.1) is 5.41 Å². The molecule has 2 aliphatic rings. The van der Waals surface area contributed by atoms with Gasteiger partial charge in [-0.25, -0.2) is 4.79 Å². The van der Waals surface area contributed by atoms with Gasteiger partial charge in [0.2, 0.25) is 11.8 Å². The Balaban J connectivity index is 1.95. The van der Waals surface area contributed by atoms with Crippen LogP contribution < -0.4 is 0 Å². The molecule has 0 bridgehead atoms. The van der Waals surface area contributed by atoms with Gasteiger partial charge in [-0.2, -0.15) is 0 Å². The lowest BCUT2D eigenvalue weighted by Gasteiger charge is -2.35. The molecule has 1 N–H and O–H groups in total. The number of aliphatic carboxylic acids is 1. The largest absolute Gasteiger partial charge is 0.479 e. The van der Waals surface area contributed by atoms with E-state index in [1.54, 1.807) is 0 Å². The van der Waals surface area contributed by atoms with Crippen LogP contribution in [0.1, 0.15) is 39.5 Å². The molecule has 6 nitrogen and oxygen atoms in total. The number of hydrogen-bond donors (Lipinski definition) is 1. The van der Waals surface area contributed by atoms with Crippen LogP contribution in [-0.4, -0.2) is 46.5 Å². The number of piperidine rings is 1. The molecular weight excluding hydrogens is 250 g/mol. The summed E-state index contributed by atoms with van der Waals surface area (Å²) in [6, 6.07) is 0. The molecule has 2 fully saturated rings. The summed E-state index contributed by atoms with van der Waals surface area (Å²) < 4.78 is 5.33. The second-order valence-corrected chi connectivity index (χ2v) is 6.08. The summed E-state index contributed by atoms with van der Waals surface area (Å²) in [5, 5.41) is 8.84. The summed E-state index contributed by atoms with van der Waals surface area (Å²) in [5.41, 5.74) is -0.287. The van der Waals surface area contributed by atoms with Crippen LogP contribution in [0.5, 0.6) is 0 Å². The van der Waals surface area contributed by atoms with E-state index < -0.39 is 12.1 Å². The van der Waals surface area contributed by atoms with Gasteiger partial charge in [0.05, 0.1) is 12.6 Å². The molecule has 6 heteroatoms. The first-order valence-electron chi connectivity index (χ1n) is 6.50. The van der Waals surface area contributed by atoms with Gasteiger partial charge in [-0.1, -0.05) is 13.8 Å². The number of carbonyl (C=O) groups is 3. The van der Waals surface area contributed by atoms with Crippen LogP contribution in [0.25, 0.3) is 0 Å². The van der Waals surface area contributed by atoms with Crippen molar-refractivity contribution in [1.29, 1.82) is 0 Å². The zero-order valence-electron chi connectivity index (χ0n) is 11.2. The van der Waals surface area contributed by atoms with Crippen molar-refractivity contribution in [3.63, 3.8) is 0 Å². The number of likely N-dealkylation sites (tertiary alicyclic amines) is 1. The van der Waals surface area contributed by atoms with Crippen LogP contribution in [0.2, 0.25) is 0 Å². The van der Waals surface area contributed by atoms with Crippen molar-refractivity contribution in [2.24, 2.45) is 5.41 Å². The van der Waals surface area contributed by atoms with Crippen molar-refractivity contribution in [3.8, 4) is 0 Å². The number of amides is 2. The summed E-state index contributed by atoms with van der Waals surface area (Å²) in [7, 11) is 0. The lowest BCUT2D eigenvalue weighted by atomic mass is 9.81. The highest BCUT2D eigenvalue weighted by Crippen LogP contribution is 2.32. The van der Waals surface area contributed by atoms with Gasteiger partial charge in [-0.3, -0.25) is 14.5 Å². The molecule has 0 saturated carbocycles. The molecule has 2 atom stereocenters. The van der Waals surface area contributed by atoms with Crippen LogP contribution >= 0.6 is 0 Å². The first kappa shape index (κ1) is 14.0. The molecule has 2 rings (SSSR count). The molecule has 106 valence electrons. The monoisotopic (exact) mass is 269 g/mol. The van der Waals surface area contributed by atoms with Crippen molar-refractivity contribution < 1.29 is 24.2 Å². The van der Waals surface area contributed by atoms with Gasteiger partial charge in [0.1, 0.15) is 0 Å². The van der Waals surface area contributed by atoms with Crippen molar-refractivity contribution in [2.75, 3.05) is 6.54 Å². The fourth-order valence-electron chi connectivity index (χ4n) is 2.64. The summed E-state index contributed by atoms with van der Waals surface area (Å²) in [4.78, 5) is 35.9. The van der Waals surface area contributed by atoms with E-state index in [0.717, 1.165) is 0 Å². The highest BCUT2D eigenvalue weighted by Gasteiger charge is 2.40. The van der Waals surface area contributed by atoms with Crippen LogP contribution in [0.3, 0.4) is 0 Å². The number of ether oxygens (including phenoxy) is 1. The van der Waals surface area contributed by atoms with E-state index in [4.69, 9.17) is 9.84 Å². The molecule has 0 radical (unpaired) electrons. The molecular formula is C13H19NO5. The molecule has 19 heavy (non-hydrogen) atoms. The zero-order chi connectivity index (χ0) is 14.2. The Hall–Kier alpha value is -1.43. The van der Waals surface area contributed by atoms with Crippen LogP contribution in [0.15, 0.2) is 0 Å². The van der Waals surface area contributed by atoms with Gasteiger partial charge in [0.25, 0.3) is 0 Å². The van der Waals surface area contributed by atoms with Crippen molar-refractivity contribution in [2.45, 2.75) is 51.7 Å². The second-order valence-electron chi connectivity index (χ2n) is 6.08. The maximum Gasteiger partial charge on any atom is 0.332 e. The number of carbonyl (C=O) groups excluding carboxylic acids is 2. The number of imide groups is 1. The summed E-state index contributed by atoms with van der Waals surface area (Å²) >= 11 is 0. The van der Waals surface area contributed by atoms with Crippen LogP contribution in [0.4, 0.5) is 0 Å². The highest BCUT2D eigenvalue weighted by atomic mass is 16.5. The van der Waals surface area contributed by atoms with E-state index in [-0.39, 0.29) is 29.9 Å². The standard InChI is InChI=1S/C13H19NO5/c1-13(2)5-10(15)14(11(16)6-13)7-8-3-4-9(19-8)12(17)18/h8-9H,3-7H2,1-2H3,(H,17,18). The summed E-state index contributed by atoms with van der Waals surface area (Å²) in [6.45, 7) is 3.97. The predicted molar refractivity (Wildman–Crippen MR) is 65.3 cm³/mol. The Kier molecular flexibility index (Phi) is 3.62. The number of rotatable bonds is 3. The fourth-order valence-corrected chi connectivity index (χ4v) is 2.64. The van der Waals surface area contributed by atoms with E-state index in [9.17, 15) is 14.4 Å². The maximum atomic E-state index is 12.0. The Labute approximate surface area is 111 Å². The van der Waals surface area contributed by atoms with E-state index in [1.165, 1.54) is 4.90 Å². The second kappa shape index (κ2) is 4.92. The molecule has 0 spiro atoms. The van der Waals surface area contributed by atoms with E-state index >= 15 is 0 Å². The fraction of sp³-hybridized carbons (Fsp3) is 0.769. The van der Waals surface area contributed by atoms with Gasteiger partial charge in [-0.15, -0.1) is 0 Å². The Bertz CT molecular complexity index is 397. The van der Waals surface area contributed by atoms with Gasteiger partial charge in [0.15, 0.2) is 6.10 Å². The van der Waals surface area contributed by atoms with Crippen molar-refractivity contribution in [1.82, 2.24) is 4.90 Å². The molecule has 2 unspecified atom stereocenters. The molecule has 2 amide bonds. The van der Waals surface area contributed by atoms with Gasteiger partial charge in [-0.05, 0) is 18.3 Å². The zero-order valence-corrected chi connectivity index (χ0v) is 11.2. The van der Waals surface area contributed by atoms with Gasteiger partial charge >= 0.3 is 5.97 Å². The van der Waals surface area contributed by atoms with E-state index in [0.29, 0.717) is 25.7 Å². The number of carboxylic acid groups (broad SMARTS) is 1.